The topological polar surface area (TPSA) is 37.3 Å². The smallest absolute Gasteiger partial charge is 0.146 e. The zero-order valence-electron chi connectivity index (χ0n) is 14.5. The van der Waals surface area contributed by atoms with Gasteiger partial charge in [-0.1, -0.05) is 86.8 Å². The highest BCUT2D eigenvalue weighted by Gasteiger charge is 1.96. The highest BCUT2D eigenvalue weighted by Crippen LogP contribution is 2.12. The van der Waals surface area contributed by atoms with Crippen LogP contribution >= 0.6 is 0 Å². The van der Waals surface area contributed by atoms with Crippen LogP contribution in [0.3, 0.4) is 0 Å². The molecule has 0 saturated carbocycles. The van der Waals surface area contributed by atoms with Crippen molar-refractivity contribution in [3.63, 3.8) is 0 Å². The number of carbonyl (C=O) groups excluding carboxylic acids is 1. The summed E-state index contributed by atoms with van der Waals surface area (Å²) < 4.78 is 0. The normalized spacial score (nSPS) is 10.7. The van der Waals surface area contributed by atoms with E-state index in [0.29, 0.717) is 0 Å². The fourth-order valence-corrected chi connectivity index (χ4v) is 2.27. The standard InChI is InChI=1S/C15H20O.C7H8O/c1-2-3-4-6-11-15(13-16)12-14-9-7-5-8-10-14;8-6-7-4-2-1-3-5-7/h5,7-10,12-13H,2-4,6,11H2,1H3;1-5,8H,6H2/b15-12+;. The highest BCUT2D eigenvalue weighted by atomic mass is 16.3. The van der Waals surface area contributed by atoms with Gasteiger partial charge in [-0.25, -0.2) is 0 Å². The fraction of sp³-hybridized carbons (Fsp3) is 0.318. The van der Waals surface area contributed by atoms with Gasteiger partial charge in [0.1, 0.15) is 6.29 Å². The van der Waals surface area contributed by atoms with Crippen LogP contribution in [0.25, 0.3) is 6.08 Å². The van der Waals surface area contributed by atoms with Crippen molar-refractivity contribution in [1.29, 1.82) is 0 Å². The number of aliphatic hydroxyl groups is 1. The number of aldehydes is 1. The van der Waals surface area contributed by atoms with E-state index < -0.39 is 0 Å². The molecule has 128 valence electrons. The minimum atomic E-state index is 0.140. The van der Waals surface area contributed by atoms with Crippen LogP contribution in [0, 0.1) is 0 Å². The zero-order chi connectivity index (χ0) is 17.5. The Morgan fingerprint density at radius 3 is 2.04 bits per heavy atom. The lowest BCUT2D eigenvalue weighted by Crippen LogP contribution is -1.86. The summed E-state index contributed by atoms with van der Waals surface area (Å²) in [4.78, 5) is 10.9. The second kappa shape index (κ2) is 13.3. The Morgan fingerprint density at radius 1 is 0.917 bits per heavy atom. The third-order valence-electron chi connectivity index (χ3n) is 3.65. The minimum absolute atomic E-state index is 0.140. The van der Waals surface area contributed by atoms with Gasteiger partial charge in [-0.15, -0.1) is 0 Å². The number of hydrogen-bond donors (Lipinski definition) is 1. The molecule has 0 amide bonds. The molecule has 1 N–H and O–H groups in total. The van der Waals surface area contributed by atoms with E-state index in [0.717, 1.165) is 35.8 Å². The summed E-state index contributed by atoms with van der Waals surface area (Å²) in [7, 11) is 0. The summed E-state index contributed by atoms with van der Waals surface area (Å²) in [5.74, 6) is 0. The van der Waals surface area contributed by atoms with Gasteiger partial charge in [0.25, 0.3) is 0 Å². The Bertz CT molecular complexity index is 573. The number of unbranched alkanes of at least 4 members (excludes halogenated alkanes) is 3. The molecule has 0 spiro atoms. The first kappa shape index (κ1) is 19.9. The number of rotatable bonds is 8. The molecular formula is C22H28O2. The molecule has 0 heterocycles. The van der Waals surface area contributed by atoms with Gasteiger partial charge in [-0.2, -0.15) is 0 Å². The number of hydrogen-bond acceptors (Lipinski definition) is 2. The Kier molecular flexibility index (Phi) is 11.0. The summed E-state index contributed by atoms with van der Waals surface area (Å²) in [6.45, 7) is 2.33. The Morgan fingerprint density at radius 2 is 1.54 bits per heavy atom. The summed E-state index contributed by atoms with van der Waals surface area (Å²) in [6.07, 6.45) is 8.70. The van der Waals surface area contributed by atoms with E-state index in [1.165, 1.54) is 19.3 Å². The molecular weight excluding hydrogens is 296 g/mol. The van der Waals surface area contributed by atoms with E-state index in [2.05, 4.69) is 6.92 Å². The maximum atomic E-state index is 10.9. The van der Waals surface area contributed by atoms with Crippen molar-refractivity contribution in [3.8, 4) is 0 Å². The summed E-state index contributed by atoms with van der Waals surface area (Å²) in [5.41, 5.74) is 2.98. The molecule has 0 radical (unpaired) electrons. The predicted molar refractivity (Wildman–Crippen MR) is 102 cm³/mol. The van der Waals surface area contributed by atoms with E-state index in [1.807, 2.05) is 66.7 Å². The van der Waals surface area contributed by atoms with Crippen LogP contribution in [0.2, 0.25) is 0 Å². The SMILES string of the molecule is CCCCCC/C(C=O)=C\c1ccccc1.OCc1ccccc1. The molecule has 2 nitrogen and oxygen atoms in total. The highest BCUT2D eigenvalue weighted by molar-refractivity contribution is 5.81. The van der Waals surface area contributed by atoms with E-state index in [9.17, 15) is 4.79 Å². The van der Waals surface area contributed by atoms with Gasteiger partial charge in [-0.3, -0.25) is 4.79 Å². The molecule has 2 aromatic carbocycles. The Labute approximate surface area is 145 Å². The second-order valence-corrected chi connectivity index (χ2v) is 5.70. The molecule has 0 aliphatic carbocycles. The lowest BCUT2D eigenvalue weighted by molar-refractivity contribution is -0.105. The number of carbonyl (C=O) groups is 1. The van der Waals surface area contributed by atoms with Gasteiger partial charge < -0.3 is 5.11 Å². The fourth-order valence-electron chi connectivity index (χ4n) is 2.27. The van der Waals surface area contributed by atoms with Gasteiger partial charge in [0.2, 0.25) is 0 Å². The van der Waals surface area contributed by atoms with E-state index in [1.54, 1.807) is 0 Å². The van der Waals surface area contributed by atoms with Crippen LogP contribution in [0.1, 0.15) is 50.2 Å². The molecule has 0 bridgehead atoms. The van der Waals surface area contributed by atoms with Crippen LogP contribution < -0.4 is 0 Å². The predicted octanol–water partition coefficient (Wildman–Crippen LogP) is 5.42. The van der Waals surface area contributed by atoms with Gasteiger partial charge in [0, 0.05) is 0 Å². The molecule has 0 aliphatic rings. The summed E-state index contributed by atoms with van der Waals surface area (Å²) in [5, 5.41) is 8.54. The molecule has 2 rings (SSSR count). The third-order valence-corrected chi connectivity index (χ3v) is 3.65. The molecule has 24 heavy (non-hydrogen) atoms. The largest absolute Gasteiger partial charge is 0.392 e. The first-order valence-corrected chi connectivity index (χ1v) is 8.65. The number of aliphatic hydroxyl groups excluding tert-OH is 1. The van der Waals surface area contributed by atoms with Crippen molar-refractivity contribution in [2.45, 2.75) is 45.6 Å². The Balaban J connectivity index is 0.000000300. The van der Waals surface area contributed by atoms with Crippen LogP contribution in [0.15, 0.2) is 66.2 Å². The van der Waals surface area contributed by atoms with Crippen molar-refractivity contribution in [2.24, 2.45) is 0 Å². The van der Waals surface area contributed by atoms with Crippen LogP contribution in [0.5, 0.6) is 0 Å². The molecule has 0 aromatic heterocycles. The van der Waals surface area contributed by atoms with Gasteiger partial charge in [0.05, 0.1) is 6.61 Å². The third kappa shape index (κ3) is 9.06. The van der Waals surface area contributed by atoms with Crippen molar-refractivity contribution in [2.75, 3.05) is 0 Å². The average Bonchev–Trinajstić information content (AvgIpc) is 2.66. The maximum absolute atomic E-state index is 10.9. The molecule has 2 aromatic rings. The summed E-state index contributed by atoms with van der Waals surface area (Å²) >= 11 is 0. The van der Waals surface area contributed by atoms with Crippen molar-refractivity contribution in [1.82, 2.24) is 0 Å². The second-order valence-electron chi connectivity index (χ2n) is 5.70. The molecule has 0 atom stereocenters. The first-order chi connectivity index (χ1) is 11.8. The van der Waals surface area contributed by atoms with Crippen LogP contribution in [-0.2, 0) is 11.4 Å². The Hall–Kier alpha value is -2.19. The molecule has 0 unspecified atom stereocenters. The lowest BCUT2D eigenvalue weighted by atomic mass is 10.0. The summed E-state index contributed by atoms with van der Waals surface area (Å²) in [6, 6.07) is 19.5. The zero-order valence-corrected chi connectivity index (χ0v) is 14.5. The molecule has 0 aliphatic heterocycles. The van der Waals surface area contributed by atoms with Gasteiger partial charge >= 0.3 is 0 Å². The van der Waals surface area contributed by atoms with Gasteiger partial charge in [-0.05, 0) is 35.6 Å². The van der Waals surface area contributed by atoms with E-state index in [4.69, 9.17) is 5.11 Å². The van der Waals surface area contributed by atoms with Gasteiger partial charge in [0.15, 0.2) is 0 Å². The van der Waals surface area contributed by atoms with Crippen molar-refractivity contribution >= 4 is 12.4 Å². The van der Waals surface area contributed by atoms with E-state index >= 15 is 0 Å². The monoisotopic (exact) mass is 324 g/mol. The quantitative estimate of drug-likeness (QED) is 0.400. The first-order valence-electron chi connectivity index (χ1n) is 8.65. The van der Waals surface area contributed by atoms with Crippen molar-refractivity contribution in [3.05, 3.63) is 77.4 Å². The van der Waals surface area contributed by atoms with Crippen LogP contribution in [0.4, 0.5) is 0 Å². The van der Waals surface area contributed by atoms with Crippen molar-refractivity contribution < 1.29 is 9.90 Å². The molecule has 0 fully saturated rings. The minimum Gasteiger partial charge on any atom is -0.392 e. The van der Waals surface area contributed by atoms with Crippen LogP contribution in [-0.4, -0.2) is 11.4 Å². The lowest BCUT2D eigenvalue weighted by Gasteiger charge is -2.00. The number of allylic oxidation sites excluding steroid dienone is 1. The maximum Gasteiger partial charge on any atom is 0.146 e. The molecule has 0 saturated heterocycles. The van der Waals surface area contributed by atoms with E-state index in [-0.39, 0.29) is 6.61 Å². The average molecular weight is 324 g/mol. The molecule has 2 heteroatoms. The number of benzene rings is 2.